The lowest BCUT2D eigenvalue weighted by atomic mass is 10.0. The number of aryl methyl sites for hydroxylation is 1. The first-order valence-electron chi connectivity index (χ1n) is 20.5. The van der Waals surface area contributed by atoms with Crippen LogP contribution in [0.3, 0.4) is 0 Å². The fourth-order valence-electron chi connectivity index (χ4n) is 5.77. The molecule has 0 aliphatic carbocycles. The number of benzene rings is 2. The number of nitrogens with zero attached hydrogens (tertiary/aromatic N) is 4. The monoisotopic (exact) mass is 927 g/mol. The minimum Gasteiger partial charge on any atom is -0.477 e. The number of aliphatic hydroxyl groups is 2. The van der Waals surface area contributed by atoms with Crippen molar-refractivity contribution in [3.8, 4) is 0 Å². The van der Waals surface area contributed by atoms with Crippen LogP contribution in [0.5, 0.6) is 0 Å². The molecule has 6 rings (SSSR count). The third-order valence-electron chi connectivity index (χ3n) is 8.47. The van der Waals surface area contributed by atoms with Crippen LogP contribution in [0.1, 0.15) is 104 Å². The molecule has 0 radical (unpaired) electrons. The number of fused-ring (bicyclic) bond motifs is 2. The zero-order valence-corrected chi connectivity index (χ0v) is 39.0. The maximum Gasteiger partial charge on any atom is 0.341 e. The summed E-state index contributed by atoms with van der Waals surface area (Å²) in [5.41, 5.74) is 6.23. The van der Waals surface area contributed by atoms with E-state index in [1.807, 2.05) is 13.8 Å². The normalized spacial score (nSPS) is 10.6. The molecule has 0 saturated carbocycles. The van der Waals surface area contributed by atoms with Crippen molar-refractivity contribution in [1.82, 2.24) is 19.1 Å². The number of hydrogen-bond acceptors (Lipinski definition) is 9. The molecule has 0 bridgehead atoms. The molecule has 346 valence electrons. The van der Waals surface area contributed by atoms with Gasteiger partial charge in [-0.25, -0.2) is 28.3 Å². The van der Waals surface area contributed by atoms with Crippen molar-refractivity contribution < 1.29 is 38.8 Å². The Bertz CT molecular complexity index is 2500. The van der Waals surface area contributed by atoms with Gasteiger partial charge >= 0.3 is 11.9 Å². The lowest BCUT2D eigenvalue weighted by Gasteiger charge is -2.14. The van der Waals surface area contributed by atoms with E-state index in [9.17, 15) is 48.4 Å². The summed E-state index contributed by atoms with van der Waals surface area (Å²) in [5.74, 6) is -2.17. The number of nitrogens with two attached hydrogens (primary N) is 1. The minimum absolute atomic E-state index is 0.00244. The summed E-state index contributed by atoms with van der Waals surface area (Å²) in [4.78, 5) is 56.4. The predicted molar refractivity (Wildman–Crippen MR) is 250 cm³/mol. The van der Waals surface area contributed by atoms with E-state index in [2.05, 4.69) is 51.5 Å². The number of anilines is 1. The van der Waals surface area contributed by atoms with Gasteiger partial charge in [0.1, 0.15) is 39.9 Å². The molecule has 0 saturated heterocycles. The molecule has 0 amide bonds. The van der Waals surface area contributed by atoms with Crippen LogP contribution in [0.2, 0.25) is 10.0 Å². The van der Waals surface area contributed by atoms with Crippen molar-refractivity contribution in [3.05, 3.63) is 142 Å². The molecule has 0 aliphatic rings. The summed E-state index contributed by atoms with van der Waals surface area (Å²) in [6.45, 7) is 18.3. The van der Waals surface area contributed by atoms with Crippen molar-refractivity contribution in [3.63, 3.8) is 0 Å². The summed E-state index contributed by atoms with van der Waals surface area (Å²) < 4.78 is 31.2. The molecule has 6 aromatic rings. The molecule has 0 fully saturated rings. The lowest BCUT2D eigenvalue weighted by molar-refractivity contribution is 0.0684. The second kappa shape index (κ2) is 25.5. The van der Waals surface area contributed by atoms with E-state index in [4.69, 9.17) is 28.9 Å². The van der Waals surface area contributed by atoms with E-state index in [-0.39, 0.29) is 82.6 Å². The van der Waals surface area contributed by atoms with Crippen LogP contribution in [-0.4, -0.2) is 64.7 Å². The number of aromatic nitrogens is 4. The van der Waals surface area contributed by atoms with Gasteiger partial charge in [0.05, 0.1) is 34.0 Å². The SMILES string of the molecule is CC.CC(C)C.CC(C)C.Cc1nc2c(cc1Cc1cccc(Cl)c1F)c(=O)c(C(=O)O)cn2CCO.Nc1nc2c(cc1Cc1cccc(Cl)c1F)c(=O)c(C(=O)O)cn2CCO. The molecule has 13 nitrogen and oxygen atoms in total. The molecular weight excluding hydrogens is 871 g/mol. The standard InChI is InChI=1S/C19H16ClFN2O4.C18H15ClFN3O4.2C4H10.C2H6/c1-10-12(7-11-3-2-4-15(20)16(11)21)8-13-17(25)14(19(26)27)9-23(5-6-24)18(13)22-10;19-13-3-1-2-9(14(13)20)6-10-7-11-15(25)12(18(26)27)8-23(4-5-24)17(11)22-16(10)21;2*1-4(2)3;1-2/h2-4,8-9,24H,5-7H2,1H3,(H,26,27);1-3,7-8,24H,4-6H2,(H2,21,22)(H,26,27);2*4H,1-3H3;1-2H3. The van der Waals surface area contributed by atoms with Gasteiger partial charge in [0.25, 0.3) is 0 Å². The number of carboxylic acid groups (broad SMARTS) is 2. The summed E-state index contributed by atoms with van der Waals surface area (Å²) in [5, 5.41) is 37.0. The molecule has 4 aromatic heterocycles. The van der Waals surface area contributed by atoms with E-state index >= 15 is 0 Å². The summed E-state index contributed by atoms with van der Waals surface area (Å²) in [7, 11) is 0. The second-order valence-electron chi connectivity index (χ2n) is 15.4. The Morgan fingerprint density at radius 3 is 1.41 bits per heavy atom. The highest BCUT2D eigenvalue weighted by molar-refractivity contribution is 6.31. The van der Waals surface area contributed by atoms with Crippen LogP contribution in [0.4, 0.5) is 14.6 Å². The van der Waals surface area contributed by atoms with E-state index in [0.29, 0.717) is 22.4 Å². The average Bonchev–Trinajstić information content (AvgIpc) is 3.22. The fraction of sp³-hybridized carbons (Fsp3) is 0.362. The molecule has 4 heterocycles. The Kier molecular flexibility index (Phi) is 21.7. The van der Waals surface area contributed by atoms with Crippen molar-refractivity contribution in [2.24, 2.45) is 11.8 Å². The van der Waals surface area contributed by atoms with E-state index in [1.54, 1.807) is 25.1 Å². The van der Waals surface area contributed by atoms with Crippen LogP contribution in [0.15, 0.2) is 70.5 Å². The Balaban J connectivity index is 0.000000365. The second-order valence-corrected chi connectivity index (χ2v) is 16.3. The molecule has 0 unspecified atom stereocenters. The Morgan fingerprint density at radius 1 is 0.672 bits per heavy atom. The van der Waals surface area contributed by atoms with Crippen molar-refractivity contribution >= 4 is 63.0 Å². The van der Waals surface area contributed by atoms with Crippen molar-refractivity contribution in [1.29, 1.82) is 0 Å². The third kappa shape index (κ3) is 14.7. The first-order chi connectivity index (χ1) is 30.1. The number of nitrogen functional groups attached to an aromatic ring is 1. The zero-order chi connectivity index (χ0) is 48.6. The van der Waals surface area contributed by atoms with Crippen LogP contribution < -0.4 is 16.6 Å². The zero-order valence-electron chi connectivity index (χ0n) is 37.5. The van der Waals surface area contributed by atoms with E-state index in [1.165, 1.54) is 45.7 Å². The molecular formula is C47H57Cl2F2N5O8. The highest BCUT2D eigenvalue weighted by Crippen LogP contribution is 2.26. The van der Waals surface area contributed by atoms with Gasteiger partial charge in [-0.05, 0) is 65.3 Å². The Hall–Kier alpha value is -5.74. The van der Waals surface area contributed by atoms with Gasteiger partial charge in [-0.15, -0.1) is 0 Å². The van der Waals surface area contributed by atoms with E-state index in [0.717, 1.165) is 18.0 Å². The smallest absolute Gasteiger partial charge is 0.341 e. The first-order valence-corrected chi connectivity index (χ1v) is 21.3. The average molecular weight is 929 g/mol. The molecule has 2 aromatic carbocycles. The van der Waals surface area contributed by atoms with Crippen molar-refractivity contribution in [2.75, 3.05) is 18.9 Å². The maximum absolute atomic E-state index is 14.2. The highest BCUT2D eigenvalue weighted by Gasteiger charge is 2.20. The molecule has 0 aliphatic heterocycles. The number of carboxylic acids is 2. The number of rotatable bonds is 10. The van der Waals surface area contributed by atoms with Gasteiger partial charge in [0.2, 0.25) is 10.9 Å². The topological polar surface area (TPSA) is 211 Å². The summed E-state index contributed by atoms with van der Waals surface area (Å²) in [6, 6.07) is 12.1. The van der Waals surface area contributed by atoms with Gasteiger partial charge in [-0.1, -0.05) is 103 Å². The van der Waals surface area contributed by atoms with Gasteiger partial charge in [0.15, 0.2) is 0 Å². The number of pyridine rings is 4. The van der Waals surface area contributed by atoms with Crippen LogP contribution >= 0.6 is 23.2 Å². The molecule has 0 atom stereocenters. The number of hydrogen-bond donors (Lipinski definition) is 5. The summed E-state index contributed by atoms with van der Waals surface area (Å²) in [6.07, 6.45) is 2.47. The minimum atomic E-state index is -1.40. The maximum atomic E-state index is 14.2. The molecule has 17 heteroatoms. The highest BCUT2D eigenvalue weighted by atomic mass is 35.5. The van der Waals surface area contributed by atoms with Crippen LogP contribution in [0.25, 0.3) is 22.1 Å². The van der Waals surface area contributed by atoms with Gasteiger partial charge in [0, 0.05) is 44.0 Å². The molecule has 0 spiro atoms. The Labute approximate surface area is 380 Å². The van der Waals surface area contributed by atoms with Gasteiger partial charge in [-0.3, -0.25) is 9.59 Å². The van der Waals surface area contributed by atoms with Crippen LogP contribution in [0, 0.1) is 30.4 Å². The molecule has 64 heavy (non-hydrogen) atoms. The van der Waals surface area contributed by atoms with Crippen LogP contribution in [-0.2, 0) is 25.9 Å². The van der Waals surface area contributed by atoms with E-state index < -0.39 is 45.6 Å². The Morgan fingerprint density at radius 2 is 1.03 bits per heavy atom. The molecule has 6 N–H and O–H groups in total. The van der Waals surface area contributed by atoms with Gasteiger partial charge in [-0.2, -0.15) is 0 Å². The lowest BCUT2D eigenvalue weighted by Crippen LogP contribution is -2.21. The fourth-order valence-corrected chi connectivity index (χ4v) is 6.16. The van der Waals surface area contributed by atoms with Crippen molar-refractivity contribution in [2.45, 2.75) is 88.2 Å². The first kappa shape index (κ1) is 54.4. The largest absolute Gasteiger partial charge is 0.477 e. The van der Waals surface area contributed by atoms with Gasteiger partial charge < -0.3 is 35.3 Å². The quantitative estimate of drug-likeness (QED) is 0.0874. The number of aliphatic hydroxyl groups excluding tert-OH is 2. The third-order valence-corrected chi connectivity index (χ3v) is 9.06. The predicted octanol–water partition coefficient (Wildman–Crippen LogP) is 9.18. The summed E-state index contributed by atoms with van der Waals surface area (Å²) >= 11 is 11.6. The number of carbonyl (C=O) groups is 2. The number of aromatic carboxylic acids is 2. The number of halogens is 4.